The zero-order valence-electron chi connectivity index (χ0n) is 47.7. The van der Waals surface area contributed by atoms with Crippen LogP contribution in [0.2, 0.25) is 0 Å². The Morgan fingerprint density at radius 1 is 0.493 bits per heavy atom. The molecule has 3 atom stereocenters. The van der Waals surface area contributed by atoms with Gasteiger partial charge in [-0.15, -0.1) is 0 Å². The van der Waals surface area contributed by atoms with E-state index in [9.17, 15) is 19.4 Å². The lowest BCUT2D eigenvalue weighted by molar-refractivity contribution is -0.870. The molecule has 0 saturated carbocycles. The molecule has 0 spiro atoms. The maximum atomic E-state index is 13.0. The van der Waals surface area contributed by atoms with Crippen LogP contribution in [0.25, 0.3) is 0 Å². The van der Waals surface area contributed by atoms with Gasteiger partial charge in [0.05, 0.1) is 39.9 Å². The summed E-state index contributed by atoms with van der Waals surface area (Å²) >= 11 is 0. The van der Waals surface area contributed by atoms with E-state index in [0.29, 0.717) is 17.4 Å². The SMILES string of the molecule is CCCCCCCCCCC/C=C\C/C=C\CCCCCCCCCCCCCC(=O)NC(COP(=O)([O-])OCC[N+](C)(C)C)C(O)/C=C/CC/C=C/CCCCCCCCCCCCCCCCCC. The van der Waals surface area contributed by atoms with Crippen molar-refractivity contribution in [2.75, 3.05) is 40.9 Å². The van der Waals surface area contributed by atoms with E-state index >= 15 is 0 Å². The number of unbranched alkanes of at least 4 members (excludes halogenated alkanes) is 37. The second-order valence-electron chi connectivity index (χ2n) is 22.0. The summed E-state index contributed by atoms with van der Waals surface area (Å²) in [6.07, 6.45) is 70.6. The minimum absolute atomic E-state index is 0.00710. The van der Waals surface area contributed by atoms with E-state index in [2.05, 4.69) is 55.6 Å². The molecule has 0 aliphatic rings. The number of carbonyl (C=O) groups is 1. The van der Waals surface area contributed by atoms with Crippen molar-refractivity contribution in [3.63, 3.8) is 0 Å². The van der Waals surface area contributed by atoms with Crippen LogP contribution >= 0.6 is 7.82 Å². The van der Waals surface area contributed by atoms with Crippen molar-refractivity contribution in [2.45, 2.75) is 302 Å². The highest BCUT2D eigenvalue weighted by atomic mass is 31.2. The monoisotopic (exact) mass is 1020 g/mol. The van der Waals surface area contributed by atoms with Gasteiger partial charge in [-0.3, -0.25) is 9.36 Å². The fourth-order valence-electron chi connectivity index (χ4n) is 8.97. The van der Waals surface area contributed by atoms with Gasteiger partial charge in [-0.05, 0) is 64.2 Å². The zero-order chi connectivity index (χ0) is 52.0. The molecule has 0 aliphatic heterocycles. The maximum Gasteiger partial charge on any atom is 0.268 e. The van der Waals surface area contributed by atoms with Gasteiger partial charge in [0.2, 0.25) is 5.91 Å². The Balaban J connectivity index is 4.21. The number of allylic oxidation sites excluding steroid dienone is 7. The number of hydrogen-bond acceptors (Lipinski definition) is 6. The van der Waals surface area contributed by atoms with Crippen molar-refractivity contribution in [3.05, 3.63) is 48.6 Å². The molecule has 0 heterocycles. The fourth-order valence-corrected chi connectivity index (χ4v) is 9.69. The molecule has 2 N–H and O–H groups in total. The summed E-state index contributed by atoms with van der Waals surface area (Å²) in [4.78, 5) is 25.5. The standard InChI is InChI=1S/C62H119N2O6P/c1-6-8-10-12-14-16-18-20-22-24-26-28-30-31-32-33-34-36-38-40-42-44-46-48-50-52-54-56-62(66)63-60(59-70-71(67,68)69-58-57-64(3,4)5)61(65)55-53-51-49-47-45-43-41-39-37-35-29-27-25-23-21-19-17-15-13-11-9-7-2/h26,28,31-32,45,47,53,55,60-61,65H,6-25,27,29-30,33-44,46,48-52,54,56-59H2,1-5H3,(H-,63,66,67,68)/b28-26-,32-31-,47-45+,55-53+. The van der Waals surface area contributed by atoms with Crippen molar-refractivity contribution >= 4 is 13.7 Å². The third kappa shape index (κ3) is 56.0. The number of likely N-dealkylation sites (N-methyl/N-ethyl adjacent to an activating group) is 1. The van der Waals surface area contributed by atoms with E-state index in [1.807, 2.05) is 27.2 Å². The maximum absolute atomic E-state index is 13.0. The van der Waals surface area contributed by atoms with E-state index < -0.39 is 26.6 Å². The topological polar surface area (TPSA) is 108 Å². The van der Waals surface area contributed by atoms with E-state index in [-0.39, 0.29) is 12.5 Å². The Hall–Kier alpha value is -1.54. The van der Waals surface area contributed by atoms with Crippen molar-refractivity contribution < 1.29 is 32.9 Å². The summed E-state index contributed by atoms with van der Waals surface area (Å²) in [7, 11) is 1.25. The lowest BCUT2D eigenvalue weighted by Gasteiger charge is -2.29. The van der Waals surface area contributed by atoms with Gasteiger partial charge in [-0.2, -0.15) is 0 Å². The van der Waals surface area contributed by atoms with Crippen LogP contribution in [0, 0.1) is 0 Å². The van der Waals surface area contributed by atoms with Crippen LogP contribution in [-0.4, -0.2) is 68.5 Å². The van der Waals surface area contributed by atoms with Crippen molar-refractivity contribution in [1.82, 2.24) is 5.32 Å². The van der Waals surface area contributed by atoms with Crippen LogP contribution in [0.15, 0.2) is 48.6 Å². The molecule has 418 valence electrons. The predicted molar refractivity (Wildman–Crippen MR) is 307 cm³/mol. The van der Waals surface area contributed by atoms with E-state index in [1.165, 1.54) is 225 Å². The summed E-state index contributed by atoms with van der Waals surface area (Å²) in [5, 5.41) is 13.9. The summed E-state index contributed by atoms with van der Waals surface area (Å²) in [6, 6.07) is -0.906. The number of hydrogen-bond donors (Lipinski definition) is 2. The number of rotatable bonds is 56. The molecule has 0 saturated heterocycles. The third-order valence-electron chi connectivity index (χ3n) is 13.8. The van der Waals surface area contributed by atoms with Gasteiger partial charge in [0.1, 0.15) is 13.2 Å². The Labute approximate surface area is 441 Å². The largest absolute Gasteiger partial charge is 0.756 e. The Morgan fingerprint density at radius 3 is 1.23 bits per heavy atom. The summed E-state index contributed by atoms with van der Waals surface area (Å²) in [6.45, 7) is 4.66. The minimum atomic E-state index is -4.61. The number of quaternary nitrogens is 1. The third-order valence-corrected chi connectivity index (χ3v) is 14.7. The van der Waals surface area contributed by atoms with Gasteiger partial charge < -0.3 is 28.8 Å². The lowest BCUT2D eigenvalue weighted by atomic mass is 10.0. The molecule has 0 rings (SSSR count). The van der Waals surface area contributed by atoms with Crippen LogP contribution in [0.1, 0.15) is 290 Å². The molecular formula is C62H119N2O6P. The molecule has 1 amide bonds. The van der Waals surface area contributed by atoms with Crippen molar-refractivity contribution in [3.8, 4) is 0 Å². The molecule has 8 nitrogen and oxygen atoms in total. The highest BCUT2D eigenvalue weighted by Gasteiger charge is 2.23. The molecule has 0 aliphatic carbocycles. The predicted octanol–water partition coefficient (Wildman–Crippen LogP) is 18.1. The van der Waals surface area contributed by atoms with Gasteiger partial charge >= 0.3 is 0 Å². The summed E-state index contributed by atoms with van der Waals surface area (Å²) in [5.41, 5.74) is 0. The van der Waals surface area contributed by atoms with Gasteiger partial charge in [0, 0.05) is 6.42 Å². The number of carbonyl (C=O) groups excluding carboxylic acids is 1. The first-order chi connectivity index (χ1) is 34.5. The quantitative estimate of drug-likeness (QED) is 0.0272. The van der Waals surface area contributed by atoms with Crippen LogP contribution < -0.4 is 10.2 Å². The number of nitrogens with one attached hydrogen (secondary N) is 1. The summed E-state index contributed by atoms with van der Waals surface area (Å²) in [5.74, 6) is -0.207. The highest BCUT2D eigenvalue weighted by molar-refractivity contribution is 7.45. The number of aliphatic hydroxyl groups is 1. The molecule has 0 fully saturated rings. The van der Waals surface area contributed by atoms with Crippen LogP contribution in [0.3, 0.4) is 0 Å². The van der Waals surface area contributed by atoms with E-state index in [4.69, 9.17) is 9.05 Å². The fraction of sp³-hybridized carbons (Fsp3) is 0.855. The Bertz CT molecular complexity index is 1290. The van der Waals surface area contributed by atoms with Crippen LogP contribution in [0.4, 0.5) is 0 Å². The minimum Gasteiger partial charge on any atom is -0.756 e. The molecule has 3 unspecified atom stereocenters. The van der Waals surface area contributed by atoms with Gasteiger partial charge in [-0.1, -0.05) is 268 Å². The summed E-state index contributed by atoms with van der Waals surface area (Å²) < 4.78 is 23.4. The molecular weight excluding hydrogens is 900 g/mol. The molecule has 0 radical (unpaired) electrons. The average Bonchev–Trinajstić information content (AvgIpc) is 3.33. The van der Waals surface area contributed by atoms with Crippen molar-refractivity contribution in [2.24, 2.45) is 0 Å². The average molecular weight is 1020 g/mol. The van der Waals surface area contributed by atoms with E-state index in [0.717, 1.165) is 44.9 Å². The first-order valence-electron chi connectivity index (χ1n) is 30.5. The number of nitrogens with zero attached hydrogens (tertiary/aromatic N) is 1. The number of phosphoric acid groups is 1. The molecule has 71 heavy (non-hydrogen) atoms. The molecule has 0 aromatic rings. The second kappa shape index (κ2) is 53.3. The molecule has 0 aromatic heterocycles. The molecule has 9 heteroatoms. The van der Waals surface area contributed by atoms with Gasteiger partial charge in [0.25, 0.3) is 7.82 Å². The normalized spacial score (nSPS) is 14.2. The number of phosphoric ester groups is 1. The lowest BCUT2D eigenvalue weighted by Crippen LogP contribution is -2.45. The number of amides is 1. The molecule has 0 aromatic carbocycles. The van der Waals surface area contributed by atoms with E-state index in [1.54, 1.807) is 6.08 Å². The smallest absolute Gasteiger partial charge is 0.268 e. The first kappa shape index (κ1) is 69.5. The van der Waals surface area contributed by atoms with Gasteiger partial charge in [-0.25, -0.2) is 0 Å². The van der Waals surface area contributed by atoms with Crippen LogP contribution in [-0.2, 0) is 18.4 Å². The Morgan fingerprint density at radius 2 is 0.831 bits per heavy atom. The zero-order valence-corrected chi connectivity index (χ0v) is 48.6. The molecule has 0 bridgehead atoms. The first-order valence-corrected chi connectivity index (χ1v) is 32.0. The second-order valence-corrected chi connectivity index (χ2v) is 23.5. The van der Waals surface area contributed by atoms with Crippen molar-refractivity contribution in [1.29, 1.82) is 0 Å². The highest BCUT2D eigenvalue weighted by Crippen LogP contribution is 2.38. The van der Waals surface area contributed by atoms with Gasteiger partial charge in [0.15, 0.2) is 0 Å². The number of aliphatic hydroxyl groups excluding tert-OH is 1. The Kier molecular flexibility index (Phi) is 52.1. The van der Waals surface area contributed by atoms with Crippen LogP contribution in [0.5, 0.6) is 0 Å².